The normalized spacial score (nSPS) is 12.7. The van der Waals surface area contributed by atoms with Crippen LogP contribution in [0.25, 0.3) is 0 Å². The Morgan fingerprint density at radius 1 is 1.33 bits per heavy atom. The first-order chi connectivity index (χ1) is 7.29. The molecule has 3 nitrogen and oxygen atoms in total. The average Bonchev–Trinajstić information content (AvgIpc) is 2.24. The van der Waals surface area contributed by atoms with Gasteiger partial charge in [-0.25, -0.2) is 0 Å². The fraction of sp³-hybridized carbons (Fsp3) is 0.500. The van der Waals surface area contributed by atoms with E-state index in [4.69, 9.17) is 9.94 Å². The summed E-state index contributed by atoms with van der Waals surface area (Å²) in [6.45, 7) is 2.87. The Morgan fingerprint density at radius 3 is 2.73 bits per heavy atom. The molecule has 0 fully saturated rings. The number of hydrogen-bond acceptors (Lipinski definition) is 3. The average molecular weight is 209 g/mol. The van der Waals surface area contributed by atoms with Gasteiger partial charge in [0.05, 0.1) is 12.7 Å². The third-order valence-corrected chi connectivity index (χ3v) is 2.04. The summed E-state index contributed by atoms with van der Waals surface area (Å²) < 4.78 is 0. The first-order valence-electron chi connectivity index (χ1n) is 5.35. The van der Waals surface area contributed by atoms with Gasteiger partial charge >= 0.3 is 0 Å². The number of rotatable bonds is 7. The minimum atomic E-state index is -0.362. The van der Waals surface area contributed by atoms with E-state index in [2.05, 4.69) is 17.6 Å². The number of benzene rings is 1. The number of aliphatic hydroxyl groups excluding tert-OH is 1. The van der Waals surface area contributed by atoms with Crippen molar-refractivity contribution >= 4 is 0 Å². The van der Waals surface area contributed by atoms with Crippen molar-refractivity contribution in [3.63, 3.8) is 0 Å². The maximum absolute atomic E-state index is 8.94. The van der Waals surface area contributed by atoms with Crippen LogP contribution in [0.15, 0.2) is 30.3 Å². The largest absolute Gasteiger partial charge is 0.392 e. The van der Waals surface area contributed by atoms with Gasteiger partial charge in [0, 0.05) is 6.54 Å². The van der Waals surface area contributed by atoms with Crippen LogP contribution in [0.4, 0.5) is 0 Å². The lowest BCUT2D eigenvalue weighted by Crippen LogP contribution is -2.25. The maximum atomic E-state index is 8.94. The Labute approximate surface area is 91.0 Å². The second-order valence-corrected chi connectivity index (χ2v) is 3.64. The molecule has 0 heterocycles. The summed E-state index contributed by atoms with van der Waals surface area (Å²) >= 11 is 0. The van der Waals surface area contributed by atoms with Crippen molar-refractivity contribution < 1.29 is 9.94 Å². The molecule has 0 radical (unpaired) electrons. The number of hydrogen-bond donors (Lipinski definition) is 2. The van der Waals surface area contributed by atoms with Crippen LogP contribution in [0.3, 0.4) is 0 Å². The number of aryl methyl sites for hydroxylation is 1. The highest BCUT2D eigenvalue weighted by atomic mass is 16.6. The zero-order valence-electron chi connectivity index (χ0n) is 9.15. The first-order valence-corrected chi connectivity index (χ1v) is 5.35. The maximum Gasteiger partial charge on any atom is 0.0685 e. The SMILES string of the molecule is CC(O)CNOCCCc1ccccc1. The van der Waals surface area contributed by atoms with Crippen LogP contribution in [0, 0.1) is 0 Å². The lowest BCUT2D eigenvalue weighted by atomic mass is 10.1. The Bertz CT molecular complexity index is 249. The molecule has 15 heavy (non-hydrogen) atoms. The molecule has 1 atom stereocenters. The lowest BCUT2D eigenvalue weighted by molar-refractivity contribution is 0.0165. The van der Waals surface area contributed by atoms with E-state index < -0.39 is 0 Å². The van der Waals surface area contributed by atoms with Gasteiger partial charge in [-0.2, -0.15) is 5.48 Å². The fourth-order valence-corrected chi connectivity index (χ4v) is 1.24. The van der Waals surface area contributed by atoms with Crippen LogP contribution in [-0.4, -0.2) is 24.4 Å². The van der Waals surface area contributed by atoms with Crippen molar-refractivity contribution in [1.82, 2.24) is 5.48 Å². The highest BCUT2D eigenvalue weighted by Gasteiger charge is 1.95. The van der Waals surface area contributed by atoms with E-state index in [0.717, 1.165) is 12.8 Å². The summed E-state index contributed by atoms with van der Waals surface area (Å²) in [4.78, 5) is 5.16. The van der Waals surface area contributed by atoms with Gasteiger partial charge in [-0.1, -0.05) is 30.3 Å². The van der Waals surface area contributed by atoms with E-state index >= 15 is 0 Å². The monoisotopic (exact) mass is 209 g/mol. The van der Waals surface area contributed by atoms with E-state index in [0.29, 0.717) is 13.2 Å². The van der Waals surface area contributed by atoms with Crippen molar-refractivity contribution in [2.24, 2.45) is 0 Å². The molecule has 0 aliphatic rings. The minimum Gasteiger partial charge on any atom is -0.392 e. The second kappa shape index (κ2) is 7.40. The lowest BCUT2D eigenvalue weighted by Gasteiger charge is -2.07. The molecule has 0 aliphatic heterocycles. The van der Waals surface area contributed by atoms with Gasteiger partial charge in [-0.05, 0) is 25.3 Å². The molecule has 1 aromatic carbocycles. The number of nitrogens with one attached hydrogen (secondary N) is 1. The molecule has 0 bridgehead atoms. The van der Waals surface area contributed by atoms with E-state index in [1.165, 1.54) is 5.56 Å². The summed E-state index contributed by atoms with van der Waals surface area (Å²) in [5, 5.41) is 8.94. The second-order valence-electron chi connectivity index (χ2n) is 3.64. The molecule has 2 N–H and O–H groups in total. The molecular weight excluding hydrogens is 190 g/mol. The molecular formula is C12H19NO2. The topological polar surface area (TPSA) is 41.5 Å². The van der Waals surface area contributed by atoms with Gasteiger partial charge in [0.25, 0.3) is 0 Å². The summed E-state index contributed by atoms with van der Waals surface area (Å²) in [6, 6.07) is 10.3. The van der Waals surface area contributed by atoms with Crippen LogP contribution >= 0.6 is 0 Å². The van der Waals surface area contributed by atoms with Crippen LogP contribution < -0.4 is 5.48 Å². The highest BCUT2D eigenvalue weighted by Crippen LogP contribution is 2.01. The van der Waals surface area contributed by atoms with E-state index in [-0.39, 0.29) is 6.10 Å². The number of hydroxylamine groups is 1. The Hall–Kier alpha value is -0.900. The van der Waals surface area contributed by atoms with Gasteiger partial charge in [0.15, 0.2) is 0 Å². The molecule has 1 rings (SSSR count). The minimum absolute atomic E-state index is 0.362. The molecule has 0 saturated heterocycles. The van der Waals surface area contributed by atoms with E-state index in [1.54, 1.807) is 6.92 Å². The molecule has 0 aromatic heterocycles. The van der Waals surface area contributed by atoms with Gasteiger partial charge < -0.3 is 9.94 Å². The quantitative estimate of drug-likeness (QED) is 0.528. The summed E-state index contributed by atoms with van der Waals surface area (Å²) in [6.07, 6.45) is 1.65. The summed E-state index contributed by atoms with van der Waals surface area (Å²) in [5.74, 6) is 0. The van der Waals surface area contributed by atoms with Crippen LogP contribution in [0.5, 0.6) is 0 Å². The van der Waals surface area contributed by atoms with E-state index in [9.17, 15) is 0 Å². The van der Waals surface area contributed by atoms with E-state index in [1.807, 2.05) is 18.2 Å². The fourth-order valence-electron chi connectivity index (χ4n) is 1.24. The van der Waals surface area contributed by atoms with Crippen LogP contribution in [0.1, 0.15) is 18.9 Å². The summed E-state index contributed by atoms with van der Waals surface area (Å²) in [5.41, 5.74) is 4.05. The van der Waals surface area contributed by atoms with Crippen molar-refractivity contribution in [1.29, 1.82) is 0 Å². The van der Waals surface area contributed by atoms with Gasteiger partial charge in [0.1, 0.15) is 0 Å². The molecule has 84 valence electrons. The third kappa shape index (κ3) is 6.23. The predicted octanol–water partition coefficient (Wildman–Crippen LogP) is 1.52. The Balaban J connectivity index is 1.98. The van der Waals surface area contributed by atoms with Gasteiger partial charge in [0.2, 0.25) is 0 Å². The van der Waals surface area contributed by atoms with Gasteiger partial charge in [-0.3, -0.25) is 0 Å². The zero-order valence-corrected chi connectivity index (χ0v) is 9.15. The molecule has 1 aromatic rings. The smallest absolute Gasteiger partial charge is 0.0685 e. The predicted molar refractivity (Wildman–Crippen MR) is 60.4 cm³/mol. The molecule has 3 heteroatoms. The molecule has 1 unspecified atom stereocenters. The van der Waals surface area contributed by atoms with Crippen molar-refractivity contribution in [2.45, 2.75) is 25.9 Å². The molecule has 0 saturated carbocycles. The summed E-state index contributed by atoms with van der Waals surface area (Å²) in [7, 11) is 0. The molecule has 0 spiro atoms. The van der Waals surface area contributed by atoms with Crippen molar-refractivity contribution in [3.8, 4) is 0 Å². The third-order valence-electron chi connectivity index (χ3n) is 2.04. The highest BCUT2D eigenvalue weighted by molar-refractivity contribution is 5.14. The standard InChI is InChI=1S/C12H19NO2/c1-11(14)10-13-15-9-5-8-12-6-3-2-4-7-12/h2-4,6-7,11,13-14H,5,8-10H2,1H3. The number of aliphatic hydroxyl groups is 1. The van der Waals surface area contributed by atoms with Crippen molar-refractivity contribution in [2.75, 3.05) is 13.2 Å². The van der Waals surface area contributed by atoms with Gasteiger partial charge in [-0.15, -0.1) is 0 Å². The first kappa shape index (κ1) is 12.2. The molecule has 0 aliphatic carbocycles. The van der Waals surface area contributed by atoms with Crippen molar-refractivity contribution in [3.05, 3.63) is 35.9 Å². The Morgan fingerprint density at radius 2 is 2.07 bits per heavy atom. The van der Waals surface area contributed by atoms with Crippen LogP contribution in [0.2, 0.25) is 0 Å². The Kier molecular flexibility index (Phi) is 6.00. The molecule has 0 amide bonds. The zero-order chi connectivity index (χ0) is 10.9. The van der Waals surface area contributed by atoms with Crippen LogP contribution in [-0.2, 0) is 11.3 Å².